The average molecular weight is 473 g/mol. The first-order chi connectivity index (χ1) is 14.5. The summed E-state index contributed by atoms with van der Waals surface area (Å²) < 4.78 is 64.2. The molecule has 0 saturated carbocycles. The highest BCUT2D eigenvalue weighted by atomic mass is 35.5. The van der Waals surface area contributed by atoms with Crippen LogP contribution in [0.2, 0.25) is 5.02 Å². The highest BCUT2D eigenvalue weighted by Crippen LogP contribution is 2.32. The molecule has 1 fully saturated rings. The molecule has 1 aromatic carbocycles. The number of halogens is 4. The molecule has 164 valence electrons. The van der Waals surface area contributed by atoms with Crippen LogP contribution >= 0.6 is 11.6 Å². The lowest BCUT2D eigenvalue weighted by Gasteiger charge is -2.24. The van der Waals surface area contributed by atoms with Gasteiger partial charge in [-0.3, -0.25) is 0 Å². The third kappa shape index (κ3) is 4.38. The van der Waals surface area contributed by atoms with Crippen molar-refractivity contribution in [1.29, 1.82) is 0 Å². The fourth-order valence-electron chi connectivity index (χ4n) is 3.45. The molecular weight excluding hydrogens is 457 g/mol. The molecule has 1 N–H and O–H groups in total. The van der Waals surface area contributed by atoms with E-state index in [2.05, 4.69) is 15.3 Å². The van der Waals surface area contributed by atoms with Crippen LogP contribution in [0.1, 0.15) is 18.5 Å². The summed E-state index contributed by atoms with van der Waals surface area (Å²) in [6.45, 7) is 0. The van der Waals surface area contributed by atoms with Gasteiger partial charge in [0.1, 0.15) is 21.3 Å². The van der Waals surface area contributed by atoms with Gasteiger partial charge in [-0.05, 0) is 37.1 Å². The lowest BCUT2D eigenvalue weighted by Crippen LogP contribution is -2.34. The molecule has 0 radical (unpaired) electrons. The maximum atomic E-state index is 13.3. The van der Waals surface area contributed by atoms with Crippen molar-refractivity contribution in [3.05, 3.63) is 57.6 Å². The molecule has 1 saturated heterocycles. The molecule has 12 heteroatoms. The van der Waals surface area contributed by atoms with Crippen LogP contribution in [-0.4, -0.2) is 40.5 Å². The SMILES string of the molecule is O=c1nc(NC2CCS(=O)(=O)CC2)c2ccc(C(F)(F)F)nc2n1-c1ccccc1Cl. The molecule has 31 heavy (non-hydrogen) atoms. The van der Waals surface area contributed by atoms with Crippen LogP contribution in [0.3, 0.4) is 0 Å². The number of nitrogens with one attached hydrogen (secondary N) is 1. The normalized spacial score (nSPS) is 17.0. The van der Waals surface area contributed by atoms with Gasteiger partial charge in [-0.1, -0.05) is 23.7 Å². The van der Waals surface area contributed by atoms with Crippen LogP contribution in [0.15, 0.2) is 41.2 Å². The standard InChI is InChI=1S/C19H16ClF3N4O3S/c20-13-3-1-2-4-14(13)27-17-12(5-6-15(25-17)19(21,22)23)16(26-18(27)28)24-11-7-9-31(29,30)10-8-11/h1-6,11H,7-10H2,(H,24,26,28). The van der Waals surface area contributed by atoms with E-state index in [0.717, 1.165) is 10.6 Å². The van der Waals surface area contributed by atoms with Crippen molar-refractivity contribution in [2.24, 2.45) is 0 Å². The van der Waals surface area contributed by atoms with E-state index in [9.17, 15) is 26.4 Å². The summed E-state index contributed by atoms with van der Waals surface area (Å²) >= 11 is 6.17. The average Bonchev–Trinajstić information content (AvgIpc) is 2.69. The molecule has 0 amide bonds. The van der Waals surface area contributed by atoms with Gasteiger partial charge in [-0.2, -0.15) is 18.2 Å². The molecule has 0 spiro atoms. The summed E-state index contributed by atoms with van der Waals surface area (Å²) in [6.07, 6.45) is -4.12. The molecule has 0 atom stereocenters. The third-order valence-electron chi connectivity index (χ3n) is 5.02. The zero-order valence-corrected chi connectivity index (χ0v) is 17.4. The Morgan fingerprint density at radius 2 is 1.74 bits per heavy atom. The summed E-state index contributed by atoms with van der Waals surface area (Å²) in [6, 6.07) is 7.88. The Kier molecular flexibility index (Phi) is 5.42. The minimum atomic E-state index is -4.72. The zero-order chi connectivity index (χ0) is 22.4. The minimum absolute atomic E-state index is 0.0181. The monoisotopic (exact) mass is 472 g/mol. The van der Waals surface area contributed by atoms with Crippen molar-refractivity contribution in [2.45, 2.75) is 25.1 Å². The lowest BCUT2D eigenvalue weighted by molar-refractivity contribution is -0.141. The van der Waals surface area contributed by atoms with E-state index < -0.39 is 27.4 Å². The number of rotatable bonds is 3. The second-order valence-electron chi connectivity index (χ2n) is 7.17. The van der Waals surface area contributed by atoms with Crippen molar-refractivity contribution >= 4 is 38.3 Å². The molecule has 7 nitrogen and oxygen atoms in total. The third-order valence-corrected chi connectivity index (χ3v) is 7.06. The second-order valence-corrected chi connectivity index (χ2v) is 9.88. The Bertz CT molecular complexity index is 1310. The molecule has 3 heterocycles. The van der Waals surface area contributed by atoms with E-state index in [0.29, 0.717) is 12.8 Å². The number of hydrogen-bond donors (Lipinski definition) is 1. The van der Waals surface area contributed by atoms with Crippen molar-refractivity contribution in [3.8, 4) is 5.69 Å². The molecule has 1 aliphatic rings. The first-order valence-corrected chi connectivity index (χ1v) is 11.5. The predicted molar refractivity (Wildman–Crippen MR) is 110 cm³/mol. The van der Waals surface area contributed by atoms with Crippen LogP contribution in [0.4, 0.5) is 19.0 Å². The molecule has 0 aliphatic carbocycles. The first kappa shape index (κ1) is 21.6. The van der Waals surface area contributed by atoms with Crippen molar-refractivity contribution < 1.29 is 21.6 Å². The van der Waals surface area contributed by atoms with E-state index in [1.165, 1.54) is 18.2 Å². The van der Waals surface area contributed by atoms with Crippen LogP contribution in [0.25, 0.3) is 16.7 Å². The lowest BCUT2D eigenvalue weighted by atomic mass is 10.1. The number of para-hydroxylation sites is 1. The summed E-state index contributed by atoms with van der Waals surface area (Å²) in [7, 11) is -3.11. The Labute approximate surface area is 179 Å². The number of hydrogen-bond acceptors (Lipinski definition) is 6. The van der Waals surface area contributed by atoms with E-state index in [1.54, 1.807) is 12.1 Å². The Hall–Kier alpha value is -2.66. The number of nitrogens with zero attached hydrogens (tertiary/aromatic N) is 3. The van der Waals surface area contributed by atoms with Crippen LogP contribution in [0, 0.1) is 0 Å². The summed E-state index contributed by atoms with van der Waals surface area (Å²) in [5, 5.41) is 3.34. The van der Waals surface area contributed by atoms with Gasteiger partial charge >= 0.3 is 11.9 Å². The van der Waals surface area contributed by atoms with Crippen LogP contribution in [-0.2, 0) is 16.0 Å². The number of fused-ring (bicyclic) bond motifs is 1. The molecule has 3 aromatic rings. The maximum absolute atomic E-state index is 13.3. The molecule has 1 aliphatic heterocycles. The van der Waals surface area contributed by atoms with Crippen LogP contribution < -0.4 is 11.0 Å². The minimum Gasteiger partial charge on any atom is -0.366 e. The number of anilines is 1. The Morgan fingerprint density at radius 1 is 1.06 bits per heavy atom. The van der Waals surface area contributed by atoms with Gasteiger partial charge < -0.3 is 5.32 Å². The number of aromatic nitrogens is 3. The Morgan fingerprint density at radius 3 is 2.39 bits per heavy atom. The second kappa shape index (κ2) is 7.79. The maximum Gasteiger partial charge on any atom is 0.433 e. The van der Waals surface area contributed by atoms with Gasteiger partial charge in [-0.25, -0.2) is 22.8 Å². The molecule has 0 unspecified atom stereocenters. The molecule has 0 bridgehead atoms. The van der Waals surface area contributed by atoms with E-state index in [1.807, 2.05) is 0 Å². The van der Waals surface area contributed by atoms with Crippen LogP contribution in [0.5, 0.6) is 0 Å². The smallest absolute Gasteiger partial charge is 0.366 e. The quantitative estimate of drug-likeness (QED) is 0.627. The summed E-state index contributed by atoms with van der Waals surface area (Å²) in [5.41, 5.74) is -2.14. The highest BCUT2D eigenvalue weighted by Gasteiger charge is 2.33. The molecular formula is C19H16ClF3N4O3S. The first-order valence-electron chi connectivity index (χ1n) is 9.28. The van der Waals surface area contributed by atoms with Gasteiger partial charge in [0, 0.05) is 6.04 Å². The largest absolute Gasteiger partial charge is 0.433 e. The fourth-order valence-corrected chi connectivity index (χ4v) is 5.16. The zero-order valence-electron chi connectivity index (χ0n) is 15.9. The van der Waals surface area contributed by atoms with E-state index in [-0.39, 0.29) is 45.1 Å². The molecule has 4 rings (SSSR count). The van der Waals surface area contributed by atoms with E-state index >= 15 is 0 Å². The van der Waals surface area contributed by atoms with Gasteiger partial charge in [-0.15, -0.1) is 0 Å². The number of sulfone groups is 1. The van der Waals surface area contributed by atoms with Crippen molar-refractivity contribution in [3.63, 3.8) is 0 Å². The predicted octanol–water partition coefficient (Wildman–Crippen LogP) is 3.44. The van der Waals surface area contributed by atoms with Gasteiger partial charge in [0.2, 0.25) is 0 Å². The van der Waals surface area contributed by atoms with E-state index in [4.69, 9.17) is 11.6 Å². The van der Waals surface area contributed by atoms with Gasteiger partial charge in [0.05, 0.1) is 27.6 Å². The topological polar surface area (TPSA) is 93.9 Å². The van der Waals surface area contributed by atoms with Crippen molar-refractivity contribution in [2.75, 3.05) is 16.8 Å². The Balaban J connectivity index is 1.89. The number of alkyl halides is 3. The van der Waals surface area contributed by atoms with Gasteiger partial charge in [0.15, 0.2) is 5.65 Å². The fraction of sp³-hybridized carbons (Fsp3) is 0.316. The highest BCUT2D eigenvalue weighted by molar-refractivity contribution is 7.91. The number of pyridine rings is 1. The van der Waals surface area contributed by atoms with Crippen molar-refractivity contribution in [1.82, 2.24) is 14.5 Å². The number of benzene rings is 1. The molecule has 2 aromatic heterocycles. The summed E-state index contributed by atoms with van der Waals surface area (Å²) in [4.78, 5) is 20.6. The summed E-state index contributed by atoms with van der Waals surface area (Å²) in [5.74, 6) is 0.0136. The van der Waals surface area contributed by atoms with Gasteiger partial charge in [0.25, 0.3) is 0 Å².